The number of hydrogen-bond acceptors (Lipinski definition) is 3. The molecule has 0 radical (unpaired) electrons. The Labute approximate surface area is 204 Å². The highest BCUT2D eigenvalue weighted by atomic mass is 19.1. The fourth-order valence-electron chi connectivity index (χ4n) is 6.38. The Balaban J connectivity index is 1.65. The summed E-state index contributed by atoms with van der Waals surface area (Å²) in [6.07, 6.45) is 3.57. The van der Waals surface area contributed by atoms with Gasteiger partial charge in [-0.2, -0.15) is 0 Å². The Hall–Kier alpha value is -1.95. The van der Waals surface area contributed by atoms with Gasteiger partial charge in [0.2, 0.25) is 11.8 Å². The summed E-state index contributed by atoms with van der Waals surface area (Å²) in [5.74, 6) is -0.604. The van der Waals surface area contributed by atoms with Crippen LogP contribution in [-0.4, -0.2) is 29.1 Å². The van der Waals surface area contributed by atoms with Crippen LogP contribution in [0.3, 0.4) is 0 Å². The highest BCUT2D eigenvalue weighted by Gasteiger charge is 2.53. The molecule has 0 aromatic heterocycles. The number of nitrogens with one attached hydrogen (secondary N) is 2. The van der Waals surface area contributed by atoms with Gasteiger partial charge in [-0.1, -0.05) is 53.7 Å². The highest BCUT2D eigenvalue weighted by molar-refractivity contribution is 5.78. The summed E-state index contributed by atoms with van der Waals surface area (Å²) >= 11 is 0. The third-order valence-electron chi connectivity index (χ3n) is 8.36. The topological polar surface area (TPSA) is 78.4 Å². The summed E-state index contributed by atoms with van der Waals surface area (Å²) in [7, 11) is 0. The molecule has 34 heavy (non-hydrogen) atoms. The largest absolute Gasteiger partial charge is 0.392 e. The molecule has 1 aromatic rings. The summed E-state index contributed by atoms with van der Waals surface area (Å²) in [5.41, 5.74) is 0.793. The Bertz CT molecular complexity index is 865. The van der Waals surface area contributed by atoms with Gasteiger partial charge in [0.05, 0.1) is 6.10 Å². The first-order chi connectivity index (χ1) is 15.8. The average Bonchev–Trinajstić information content (AvgIpc) is 2.73. The van der Waals surface area contributed by atoms with Gasteiger partial charge >= 0.3 is 0 Å². The van der Waals surface area contributed by atoms with E-state index >= 15 is 0 Å². The van der Waals surface area contributed by atoms with Gasteiger partial charge in [-0.25, -0.2) is 4.39 Å². The van der Waals surface area contributed by atoms with E-state index in [2.05, 4.69) is 45.3 Å². The van der Waals surface area contributed by atoms with E-state index in [1.54, 1.807) is 12.1 Å². The first-order valence-corrected chi connectivity index (χ1v) is 12.8. The molecule has 0 spiro atoms. The molecule has 1 aromatic carbocycles. The number of halogens is 1. The molecule has 7 atom stereocenters. The van der Waals surface area contributed by atoms with Crippen molar-refractivity contribution in [3.05, 3.63) is 35.6 Å². The predicted molar refractivity (Wildman–Crippen MR) is 132 cm³/mol. The fraction of sp³-hybridized carbons (Fsp3) is 0.714. The number of rotatable bonds is 6. The Kier molecular flexibility index (Phi) is 8.11. The van der Waals surface area contributed by atoms with E-state index < -0.39 is 6.10 Å². The van der Waals surface area contributed by atoms with E-state index in [-0.39, 0.29) is 58.2 Å². The number of aliphatic hydroxyl groups is 1. The molecular formula is C28H43FN2O3. The molecule has 2 aliphatic rings. The maximum absolute atomic E-state index is 13.1. The monoisotopic (exact) mass is 474 g/mol. The van der Waals surface area contributed by atoms with Crippen molar-refractivity contribution in [1.82, 2.24) is 10.6 Å². The van der Waals surface area contributed by atoms with Gasteiger partial charge in [0, 0.05) is 24.9 Å². The van der Waals surface area contributed by atoms with E-state index in [9.17, 15) is 19.1 Å². The maximum atomic E-state index is 13.1. The van der Waals surface area contributed by atoms with Gasteiger partial charge in [-0.3, -0.25) is 9.59 Å². The van der Waals surface area contributed by atoms with Crippen molar-refractivity contribution in [2.45, 2.75) is 92.3 Å². The number of fused-ring (bicyclic) bond motifs is 1. The van der Waals surface area contributed by atoms with Gasteiger partial charge in [0.1, 0.15) is 5.82 Å². The van der Waals surface area contributed by atoms with Crippen molar-refractivity contribution < 1.29 is 19.1 Å². The summed E-state index contributed by atoms with van der Waals surface area (Å²) in [5, 5.41) is 17.7. The summed E-state index contributed by atoms with van der Waals surface area (Å²) in [4.78, 5) is 25.6. The van der Waals surface area contributed by atoms with Crippen molar-refractivity contribution in [3.8, 4) is 0 Å². The number of carbonyl (C=O) groups is 2. The smallest absolute Gasteiger partial charge is 0.223 e. The lowest BCUT2D eigenvalue weighted by molar-refractivity contribution is -0.144. The van der Waals surface area contributed by atoms with Crippen LogP contribution >= 0.6 is 0 Å². The van der Waals surface area contributed by atoms with Crippen LogP contribution in [0.2, 0.25) is 0 Å². The normalized spacial score (nSPS) is 32.4. The Morgan fingerprint density at radius 2 is 1.79 bits per heavy atom. The molecule has 2 amide bonds. The van der Waals surface area contributed by atoms with E-state index in [0.717, 1.165) is 31.2 Å². The molecule has 3 rings (SSSR count). The lowest BCUT2D eigenvalue weighted by atomic mass is 9.51. The number of aliphatic hydroxyl groups excluding tert-OH is 1. The Morgan fingerprint density at radius 1 is 1.18 bits per heavy atom. The zero-order valence-corrected chi connectivity index (χ0v) is 21.7. The van der Waals surface area contributed by atoms with Gasteiger partial charge in [0.25, 0.3) is 0 Å². The van der Waals surface area contributed by atoms with Crippen molar-refractivity contribution in [2.24, 2.45) is 34.5 Å². The number of amides is 2. The van der Waals surface area contributed by atoms with E-state index in [1.165, 1.54) is 12.1 Å². The summed E-state index contributed by atoms with van der Waals surface area (Å²) in [6, 6.07) is 6.15. The quantitative estimate of drug-likeness (QED) is 0.553. The van der Waals surface area contributed by atoms with Crippen LogP contribution in [0.5, 0.6) is 0 Å². The second-order valence-corrected chi connectivity index (χ2v) is 12.3. The first kappa shape index (κ1) is 26.7. The fourth-order valence-corrected chi connectivity index (χ4v) is 6.38. The molecule has 190 valence electrons. The second-order valence-electron chi connectivity index (χ2n) is 12.3. The average molecular weight is 475 g/mol. The lowest BCUT2D eigenvalue weighted by Crippen LogP contribution is -2.58. The molecule has 2 fully saturated rings. The molecule has 2 aliphatic carbocycles. The van der Waals surface area contributed by atoms with Crippen LogP contribution in [0, 0.1) is 40.3 Å². The van der Waals surface area contributed by atoms with Gasteiger partial charge in [0.15, 0.2) is 0 Å². The van der Waals surface area contributed by atoms with Crippen molar-refractivity contribution in [1.29, 1.82) is 0 Å². The van der Waals surface area contributed by atoms with Crippen LogP contribution in [0.25, 0.3) is 0 Å². The van der Waals surface area contributed by atoms with Crippen molar-refractivity contribution in [3.63, 3.8) is 0 Å². The van der Waals surface area contributed by atoms with Crippen molar-refractivity contribution in [2.75, 3.05) is 0 Å². The Morgan fingerprint density at radius 3 is 2.41 bits per heavy atom. The second kappa shape index (κ2) is 10.3. The molecular weight excluding hydrogens is 431 g/mol. The standard InChI is InChI=1S/C28H43FN2O3/c1-17(26(34)30-16-19-7-9-20(29)10-8-19)21-11-13-28(6)14-12-22(18(2)24(28)25(21)33)31-23(32)15-27(3,4)5/h7-10,17-18,21-22,24-25,33H,11-16H2,1-6H3,(H,30,34)(H,31,32)/t17-,18-,21+,22-,24+,25-,28+/m0/s1. The van der Waals surface area contributed by atoms with Gasteiger partial charge in [-0.15, -0.1) is 0 Å². The molecule has 5 nitrogen and oxygen atoms in total. The van der Waals surface area contributed by atoms with Crippen LogP contribution < -0.4 is 10.6 Å². The molecule has 0 saturated heterocycles. The SMILES string of the molecule is C[C@@H]1[C@@H]2[C@@H](O)[C@@H]([C@H](C)C(=O)NCc3ccc(F)cc3)CC[C@]2(C)CC[C@@H]1NC(=O)CC(C)(C)C. The molecule has 0 aliphatic heterocycles. The molecule has 6 heteroatoms. The third kappa shape index (κ3) is 6.18. The van der Waals surface area contributed by atoms with Crippen LogP contribution in [0.15, 0.2) is 24.3 Å². The minimum atomic E-state index is -0.595. The molecule has 0 unspecified atom stereocenters. The number of carbonyl (C=O) groups excluding carboxylic acids is 2. The number of hydrogen-bond donors (Lipinski definition) is 3. The lowest BCUT2D eigenvalue weighted by Gasteiger charge is -2.56. The minimum Gasteiger partial charge on any atom is -0.392 e. The highest BCUT2D eigenvalue weighted by Crippen LogP contribution is 2.55. The van der Waals surface area contributed by atoms with E-state index in [1.807, 2.05) is 6.92 Å². The summed E-state index contributed by atoms with van der Waals surface area (Å²) < 4.78 is 13.1. The first-order valence-electron chi connectivity index (χ1n) is 12.8. The van der Waals surface area contributed by atoms with Gasteiger partial charge < -0.3 is 15.7 Å². The zero-order chi connectivity index (χ0) is 25.3. The third-order valence-corrected chi connectivity index (χ3v) is 8.36. The van der Waals surface area contributed by atoms with Crippen LogP contribution in [-0.2, 0) is 16.1 Å². The van der Waals surface area contributed by atoms with Crippen LogP contribution in [0.1, 0.15) is 79.2 Å². The molecule has 0 heterocycles. The number of benzene rings is 1. The van der Waals surface area contributed by atoms with Gasteiger partial charge in [-0.05, 0) is 72.0 Å². The summed E-state index contributed by atoms with van der Waals surface area (Å²) in [6.45, 7) is 12.8. The zero-order valence-electron chi connectivity index (χ0n) is 21.7. The van der Waals surface area contributed by atoms with Crippen LogP contribution in [0.4, 0.5) is 4.39 Å². The maximum Gasteiger partial charge on any atom is 0.223 e. The minimum absolute atomic E-state index is 0.0187. The van der Waals surface area contributed by atoms with E-state index in [4.69, 9.17) is 0 Å². The predicted octanol–water partition coefficient (Wildman–Crippen LogP) is 4.82. The molecule has 0 bridgehead atoms. The van der Waals surface area contributed by atoms with Crippen molar-refractivity contribution >= 4 is 11.8 Å². The molecule has 2 saturated carbocycles. The van der Waals surface area contributed by atoms with E-state index in [0.29, 0.717) is 13.0 Å². The molecule has 3 N–H and O–H groups in total.